The Hall–Kier alpha value is -3.88. The van der Waals surface area contributed by atoms with Gasteiger partial charge in [-0.2, -0.15) is 0 Å². The van der Waals surface area contributed by atoms with Crippen molar-refractivity contribution in [2.75, 3.05) is 32.6 Å². The predicted octanol–water partition coefficient (Wildman–Crippen LogP) is 2.79. The number of carbonyl (C=O) groups is 3. The van der Waals surface area contributed by atoms with Crippen LogP contribution in [-0.2, 0) is 4.79 Å². The van der Waals surface area contributed by atoms with Gasteiger partial charge >= 0.3 is 0 Å². The zero-order chi connectivity index (χ0) is 23.1. The highest BCUT2D eigenvalue weighted by Crippen LogP contribution is 2.36. The van der Waals surface area contributed by atoms with Crippen LogP contribution in [0.15, 0.2) is 30.5 Å². The Bertz CT molecular complexity index is 1270. The minimum Gasteiger partial charge on any atom is -0.496 e. The van der Waals surface area contributed by atoms with Crippen molar-refractivity contribution in [2.24, 2.45) is 5.92 Å². The molecule has 0 spiro atoms. The molecule has 3 heterocycles. The number of carbonyl (C=O) groups excluding carboxylic acids is 3. The zero-order valence-corrected chi connectivity index (χ0v) is 18.5. The average molecular weight is 447 g/mol. The van der Waals surface area contributed by atoms with Gasteiger partial charge in [-0.05, 0) is 43.5 Å². The summed E-state index contributed by atoms with van der Waals surface area (Å²) in [6, 6.07) is 7.17. The van der Waals surface area contributed by atoms with Gasteiger partial charge in [0.2, 0.25) is 5.91 Å². The van der Waals surface area contributed by atoms with Crippen LogP contribution in [-0.4, -0.2) is 59.8 Å². The first kappa shape index (κ1) is 21.0. The fourth-order valence-electron chi connectivity index (χ4n) is 3.99. The maximum atomic E-state index is 12.6. The van der Waals surface area contributed by atoms with E-state index in [0.717, 1.165) is 37.9 Å². The molecule has 2 aromatic heterocycles. The number of pyridine rings is 1. The summed E-state index contributed by atoms with van der Waals surface area (Å²) in [5.41, 5.74) is 2.93. The molecule has 9 nitrogen and oxygen atoms in total. The number of nitrogens with one attached hydrogen (secondary N) is 3. The lowest BCUT2D eigenvalue weighted by atomic mass is 10.0. The topological polar surface area (TPSA) is 116 Å². The number of H-pyrrole nitrogens is 1. The Labute approximate surface area is 190 Å². The Morgan fingerprint density at radius 2 is 1.97 bits per heavy atom. The third-order valence-corrected chi connectivity index (χ3v) is 6.21. The molecule has 33 heavy (non-hydrogen) atoms. The van der Waals surface area contributed by atoms with E-state index in [1.165, 1.54) is 6.20 Å². The molecule has 5 rings (SSSR count). The molecule has 1 aliphatic carbocycles. The van der Waals surface area contributed by atoms with E-state index in [2.05, 4.69) is 20.6 Å². The Kier molecular flexibility index (Phi) is 5.24. The monoisotopic (exact) mass is 447 g/mol. The molecule has 170 valence electrons. The summed E-state index contributed by atoms with van der Waals surface area (Å²) in [6.07, 6.45) is 4.24. The van der Waals surface area contributed by atoms with E-state index in [1.807, 2.05) is 12.1 Å². The molecule has 1 saturated carbocycles. The van der Waals surface area contributed by atoms with Crippen molar-refractivity contribution in [1.82, 2.24) is 20.2 Å². The number of ether oxygens (including phenoxy) is 1. The maximum Gasteiger partial charge on any atom is 0.253 e. The van der Waals surface area contributed by atoms with E-state index >= 15 is 0 Å². The number of nitrogens with zero attached hydrogens (tertiary/aromatic N) is 2. The number of hydrogen-bond acceptors (Lipinski definition) is 5. The van der Waals surface area contributed by atoms with E-state index in [9.17, 15) is 14.4 Å². The molecular weight excluding hydrogens is 422 g/mol. The van der Waals surface area contributed by atoms with Crippen molar-refractivity contribution >= 4 is 34.4 Å². The van der Waals surface area contributed by atoms with Crippen LogP contribution in [0.3, 0.4) is 0 Å². The molecule has 3 amide bonds. The number of hydrogen-bond donors (Lipinski definition) is 3. The second-order valence-electron chi connectivity index (χ2n) is 8.40. The predicted molar refractivity (Wildman–Crippen MR) is 123 cm³/mol. The van der Waals surface area contributed by atoms with Gasteiger partial charge in [-0.15, -0.1) is 0 Å². The van der Waals surface area contributed by atoms with Crippen LogP contribution in [0, 0.1) is 5.92 Å². The first-order valence-electron chi connectivity index (χ1n) is 11.0. The van der Waals surface area contributed by atoms with E-state index in [4.69, 9.17) is 4.74 Å². The molecule has 0 radical (unpaired) electrons. The van der Waals surface area contributed by atoms with Crippen LogP contribution in [0.5, 0.6) is 5.75 Å². The van der Waals surface area contributed by atoms with E-state index in [1.54, 1.807) is 31.2 Å². The lowest BCUT2D eigenvalue weighted by Crippen LogP contribution is -2.42. The minimum atomic E-state index is -0.277. The SMILES string of the molecule is CNC(=O)c1cnc(NC(=O)C2CC2)c2[nH]c(-c3ccc(C(=O)N4CCC4)cc3OC)cc12. The van der Waals surface area contributed by atoms with Gasteiger partial charge in [0.05, 0.1) is 23.9 Å². The quantitative estimate of drug-likeness (QED) is 0.537. The summed E-state index contributed by atoms with van der Waals surface area (Å²) in [5.74, 6) is 0.570. The summed E-state index contributed by atoms with van der Waals surface area (Å²) < 4.78 is 5.60. The number of amides is 3. The number of fused-ring (bicyclic) bond motifs is 1. The third kappa shape index (κ3) is 3.79. The maximum absolute atomic E-state index is 12.6. The molecule has 1 aromatic carbocycles. The first-order valence-corrected chi connectivity index (χ1v) is 11.0. The van der Waals surface area contributed by atoms with Crippen LogP contribution < -0.4 is 15.4 Å². The van der Waals surface area contributed by atoms with Crippen molar-refractivity contribution < 1.29 is 19.1 Å². The Morgan fingerprint density at radius 3 is 2.61 bits per heavy atom. The number of methoxy groups -OCH3 is 1. The second kappa shape index (κ2) is 8.23. The summed E-state index contributed by atoms with van der Waals surface area (Å²) in [6.45, 7) is 1.55. The van der Waals surface area contributed by atoms with E-state index < -0.39 is 0 Å². The Morgan fingerprint density at radius 1 is 1.18 bits per heavy atom. The van der Waals surface area contributed by atoms with Crippen LogP contribution in [0.25, 0.3) is 22.2 Å². The average Bonchev–Trinajstić information content (AvgIpc) is 3.55. The largest absolute Gasteiger partial charge is 0.496 e. The summed E-state index contributed by atoms with van der Waals surface area (Å²) in [5, 5.41) is 6.14. The minimum absolute atomic E-state index is 0.0149. The van der Waals surface area contributed by atoms with Crippen molar-refractivity contribution in [1.29, 1.82) is 0 Å². The highest BCUT2D eigenvalue weighted by atomic mass is 16.5. The first-order chi connectivity index (χ1) is 16.0. The number of likely N-dealkylation sites (tertiary alicyclic amines) is 1. The summed E-state index contributed by atoms with van der Waals surface area (Å²) in [7, 11) is 3.11. The summed E-state index contributed by atoms with van der Waals surface area (Å²) >= 11 is 0. The lowest BCUT2D eigenvalue weighted by molar-refractivity contribution is -0.117. The third-order valence-electron chi connectivity index (χ3n) is 6.21. The van der Waals surface area contributed by atoms with Gasteiger partial charge in [-0.1, -0.05) is 0 Å². The molecule has 9 heteroatoms. The molecule has 1 aliphatic heterocycles. The van der Waals surface area contributed by atoms with E-state index in [0.29, 0.717) is 39.3 Å². The Balaban J connectivity index is 1.58. The molecule has 3 N–H and O–H groups in total. The zero-order valence-electron chi connectivity index (χ0n) is 18.5. The van der Waals surface area contributed by atoms with Gasteiger partial charge in [-0.25, -0.2) is 4.98 Å². The number of aromatic amines is 1. The van der Waals surface area contributed by atoms with Gasteiger partial charge in [0.1, 0.15) is 5.75 Å². The number of aromatic nitrogens is 2. The van der Waals surface area contributed by atoms with E-state index in [-0.39, 0.29) is 23.6 Å². The van der Waals surface area contributed by atoms with Crippen molar-refractivity contribution in [3.8, 4) is 17.0 Å². The molecule has 2 fully saturated rings. The molecule has 0 unspecified atom stereocenters. The molecule has 3 aromatic rings. The van der Waals surface area contributed by atoms with Crippen LogP contribution in [0.2, 0.25) is 0 Å². The summed E-state index contributed by atoms with van der Waals surface area (Å²) in [4.78, 5) is 46.9. The van der Waals surface area contributed by atoms with Gasteiger partial charge in [0.15, 0.2) is 5.82 Å². The molecule has 2 aliphatic rings. The van der Waals surface area contributed by atoms with Crippen molar-refractivity contribution in [3.63, 3.8) is 0 Å². The normalized spacial score (nSPS) is 15.2. The smallest absolute Gasteiger partial charge is 0.253 e. The highest BCUT2D eigenvalue weighted by molar-refractivity contribution is 6.11. The van der Waals surface area contributed by atoms with Crippen LogP contribution in [0.1, 0.15) is 40.0 Å². The molecule has 0 atom stereocenters. The van der Waals surface area contributed by atoms with Gasteiger partial charge in [0.25, 0.3) is 11.8 Å². The number of anilines is 1. The lowest BCUT2D eigenvalue weighted by Gasteiger charge is -2.31. The second-order valence-corrected chi connectivity index (χ2v) is 8.40. The standard InChI is InChI=1S/C24H25N5O4/c1-25-23(31)17-12-26-21(28-22(30)13-4-5-13)20-16(17)11-18(27-20)15-7-6-14(10-19(15)33-2)24(32)29-8-3-9-29/h6-7,10-13,27H,3-5,8-9H2,1-2H3,(H,25,31)(H,26,28,30). The number of benzene rings is 1. The van der Waals surface area contributed by atoms with Crippen LogP contribution in [0.4, 0.5) is 5.82 Å². The highest BCUT2D eigenvalue weighted by Gasteiger charge is 2.30. The molecular formula is C24H25N5O4. The molecule has 1 saturated heterocycles. The fraction of sp³-hybridized carbons (Fsp3) is 0.333. The van der Waals surface area contributed by atoms with Gasteiger partial charge in [0, 0.05) is 48.8 Å². The van der Waals surface area contributed by atoms with Gasteiger partial charge < -0.3 is 25.3 Å². The van der Waals surface area contributed by atoms with Gasteiger partial charge in [-0.3, -0.25) is 14.4 Å². The molecule has 0 bridgehead atoms. The number of rotatable bonds is 6. The van der Waals surface area contributed by atoms with Crippen LogP contribution >= 0.6 is 0 Å². The van der Waals surface area contributed by atoms with Crippen molar-refractivity contribution in [2.45, 2.75) is 19.3 Å². The van der Waals surface area contributed by atoms with Crippen molar-refractivity contribution in [3.05, 3.63) is 41.6 Å². The fourth-order valence-corrected chi connectivity index (χ4v) is 3.99.